The van der Waals surface area contributed by atoms with E-state index < -0.39 is 15.6 Å². The van der Waals surface area contributed by atoms with Gasteiger partial charge in [-0.2, -0.15) is 4.31 Å². The van der Waals surface area contributed by atoms with Crippen molar-refractivity contribution in [3.05, 3.63) is 65.7 Å². The predicted molar refractivity (Wildman–Crippen MR) is 128 cm³/mol. The third kappa shape index (κ3) is 5.62. The molecule has 0 radical (unpaired) electrons. The average Bonchev–Trinajstić information content (AvgIpc) is 2.77. The van der Waals surface area contributed by atoms with Crippen LogP contribution in [-0.2, 0) is 26.2 Å². The molecule has 0 spiro atoms. The number of nitrogens with one attached hydrogen (secondary N) is 1. The van der Waals surface area contributed by atoms with Crippen LogP contribution in [0, 0.1) is 12.8 Å². The number of piperazine rings is 1. The van der Waals surface area contributed by atoms with Gasteiger partial charge in [-0.15, -0.1) is 0 Å². The van der Waals surface area contributed by atoms with Crippen LogP contribution in [0.4, 0.5) is 0 Å². The number of hydrogen-bond donors (Lipinski definition) is 1. The van der Waals surface area contributed by atoms with Crippen LogP contribution in [-0.4, -0.2) is 54.6 Å². The summed E-state index contributed by atoms with van der Waals surface area (Å²) in [7, 11) is -3.93. The standard InChI is InChI=1S/C25H33N3O4S/c1-19(2)14-15-28-23(29)17-27(33(31,32)22-12-10-20(3)11-13-22)18-25(28,4)24(30)26-16-21-8-6-5-7-9-21/h5-13,19H,14-18H2,1-4H3,(H,26,30)/t25-/m1/s1. The number of aryl methyl sites for hydroxylation is 1. The highest BCUT2D eigenvalue weighted by Crippen LogP contribution is 2.28. The molecule has 2 amide bonds. The van der Waals surface area contributed by atoms with Crippen LogP contribution in [0.15, 0.2) is 59.5 Å². The molecule has 1 aliphatic rings. The minimum Gasteiger partial charge on any atom is -0.350 e. The number of rotatable bonds is 8. The van der Waals surface area contributed by atoms with Crippen LogP contribution in [0.3, 0.4) is 0 Å². The number of carbonyl (C=O) groups is 2. The Morgan fingerprint density at radius 3 is 2.33 bits per heavy atom. The number of nitrogens with zero attached hydrogens (tertiary/aromatic N) is 2. The van der Waals surface area contributed by atoms with Gasteiger partial charge in [-0.05, 0) is 43.9 Å². The number of sulfonamides is 1. The van der Waals surface area contributed by atoms with Crippen LogP contribution in [0.2, 0.25) is 0 Å². The molecule has 7 nitrogen and oxygen atoms in total. The molecule has 0 aliphatic carbocycles. The number of amides is 2. The Morgan fingerprint density at radius 2 is 1.73 bits per heavy atom. The van der Waals surface area contributed by atoms with Crippen molar-refractivity contribution in [2.45, 2.75) is 51.1 Å². The van der Waals surface area contributed by atoms with Gasteiger partial charge in [-0.25, -0.2) is 8.42 Å². The molecule has 1 saturated heterocycles. The van der Waals surface area contributed by atoms with E-state index >= 15 is 0 Å². The second-order valence-electron chi connectivity index (χ2n) is 9.26. The number of benzene rings is 2. The highest BCUT2D eigenvalue weighted by atomic mass is 32.2. The molecule has 3 rings (SSSR count). The molecule has 1 N–H and O–H groups in total. The molecule has 2 aromatic rings. The smallest absolute Gasteiger partial charge is 0.247 e. The SMILES string of the molecule is Cc1ccc(S(=O)(=O)N2CC(=O)N(CCC(C)C)[C@@](C)(C(=O)NCc3ccccc3)C2)cc1. The van der Waals surface area contributed by atoms with Crippen molar-refractivity contribution in [3.8, 4) is 0 Å². The van der Waals surface area contributed by atoms with Gasteiger partial charge in [0.15, 0.2) is 0 Å². The Kier molecular flexibility index (Phi) is 7.59. The lowest BCUT2D eigenvalue weighted by molar-refractivity contribution is -0.153. The van der Waals surface area contributed by atoms with Gasteiger partial charge in [-0.1, -0.05) is 61.9 Å². The topological polar surface area (TPSA) is 86.8 Å². The van der Waals surface area contributed by atoms with Crippen LogP contribution >= 0.6 is 0 Å². The van der Waals surface area contributed by atoms with Gasteiger partial charge in [0.2, 0.25) is 21.8 Å². The molecule has 1 heterocycles. The van der Waals surface area contributed by atoms with Gasteiger partial charge in [0.05, 0.1) is 11.4 Å². The minimum absolute atomic E-state index is 0.104. The number of hydrogen-bond acceptors (Lipinski definition) is 4. The van der Waals surface area contributed by atoms with Crippen LogP contribution in [0.5, 0.6) is 0 Å². The Morgan fingerprint density at radius 1 is 1.09 bits per heavy atom. The molecule has 0 bridgehead atoms. The van der Waals surface area contributed by atoms with E-state index in [2.05, 4.69) is 19.2 Å². The van der Waals surface area contributed by atoms with Crippen molar-refractivity contribution in [2.75, 3.05) is 19.6 Å². The molecule has 1 aliphatic heterocycles. The van der Waals surface area contributed by atoms with E-state index in [4.69, 9.17) is 0 Å². The summed E-state index contributed by atoms with van der Waals surface area (Å²) in [6, 6.07) is 16.0. The van der Waals surface area contributed by atoms with E-state index in [1.807, 2.05) is 37.3 Å². The van der Waals surface area contributed by atoms with Gasteiger partial charge < -0.3 is 10.2 Å². The lowest BCUT2D eigenvalue weighted by Crippen LogP contribution is -2.69. The van der Waals surface area contributed by atoms with Gasteiger partial charge in [0, 0.05) is 19.6 Å². The molecule has 0 aromatic heterocycles. The normalized spacial score (nSPS) is 19.7. The average molecular weight is 472 g/mol. The first kappa shape index (κ1) is 24.9. The zero-order valence-electron chi connectivity index (χ0n) is 19.7. The molecule has 33 heavy (non-hydrogen) atoms. The Bertz CT molecular complexity index is 1080. The van der Waals surface area contributed by atoms with Gasteiger partial charge in [0.25, 0.3) is 0 Å². The molecular formula is C25H33N3O4S. The molecular weight excluding hydrogens is 438 g/mol. The van der Waals surface area contributed by atoms with Crippen molar-refractivity contribution in [3.63, 3.8) is 0 Å². The first-order valence-electron chi connectivity index (χ1n) is 11.2. The van der Waals surface area contributed by atoms with Gasteiger partial charge in [-0.3, -0.25) is 9.59 Å². The van der Waals surface area contributed by atoms with Crippen molar-refractivity contribution >= 4 is 21.8 Å². The van der Waals surface area contributed by atoms with E-state index in [-0.39, 0.29) is 29.8 Å². The van der Waals surface area contributed by atoms with E-state index in [0.29, 0.717) is 19.0 Å². The van der Waals surface area contributed by atoms with Crippen molar-refractivity contribution in [1.29, 1.82) is 0 Å². The molecule has 1 fully saturated rings. The van der Waals surface area contributed by atoms with Crippen LogP contribution in [0.1, 0.15) is 38.3 Å². The molecule has 8 heteroatoms. The lowest BCUT2D eigenvalue weighted by atomic mass is 9.94. The molecule has 0 saturated carbocycles. The second-order valence-corrected chi connectivity index (χ2v) is 11.2. The quantitative estimate of drug-likeness (QED) is 0.641. The maximum Gasteiger partial charge on any atom is 0.247 e. The molecule has 178 valence electrons. The summed E-state index contributed by atoms with van der Waals surface area (Å²) in [6.45, 7) is 7.94. The van der Waals surface area contributed by atoms with Crippen molar-refractivity contribution in [2.24, 2.45) is 5.92 Å². The fourth-order valence-electron chi connectivity index (χ4n) is 3.95. The van der Waals surface area contributed by atoms with Crippen molar-refractivity contribution < 1.29 is 18.0 Å². The monoisotopic (exact) mass is 471 g/mol. The third-order valence-corrected chi connectivity index (χ3v) is 7.87. The van der Waals surface area contributed by atoms with E-state index in [9.17, 15) is 18.0 Å². The summed E-state index contributed by atoms with van der Waals surface area (Å²) in [5.41, 5.74) is 0.541. The van der Waals surface area contributed by atoms with E-state index in [1.165, 1.54) is 12.1 Å². The fourth-order valence-corrected chi connectivity index (χ4v) is 5.43. The first-order valence-corrected chi connectivity index (χ1v) is 12.7. The Hall–Kier alpha value is -2.71. The zero-order chi connectivity index (χ0) is 24.2. The Labute approximate surface area is 196 Å². The summed E-state index contributed by atoms with van der Waals surface area (Å²) >= 11 is 0. The maximum atomic E-state index is 13.4. The zero-order valence-corrected chi connectivity index (χ0v) is 20.6. The van der Waals surface area contributed by atoms with Crippen LogP contribution in [0.25, 0.3) is 0 Å². The molecule has 1 atom stereocenters. The van der Waals surface area contributed by atoms with Crippen molar-refractivity contribution in [1.82, 2.24) is 14.5 Å². The van der Waals surface area contributed by atoms with Gasteiger partial charge >= 0.3 is 0 Å². The molecule has 2 aromatic carbocycles. The first-order chi connectivity index (χ1) is 15.5. The van der Waals surface area contributed by atoms with E-state index in [0.717, 1.165) is 21.9 Å². The molecule has 0 unspecified atom stereocenters. The third-order valence-electron chi connectivity index (χ3n) is 6.07. The highest BCUT2D eigenvalue weighted by Gasteiger charge is 2.50. The lowest BCUT2D eigenvalue weighted by Gasteiger charge is -2.47. The van der Waals surface area contributed by atoms with E-state index in [1.54, 1.807) is 24.0 Å². The Balaban J connectivity index is 1.89. The minimum atomic E-state index is -3.93. The highest BCUT2D eigenvalue weighted by molar-refractivity contribution is 7.89. The fraction of sp³-hybridized carbons (Fsp3) is 0.440. The summed E-state index contributed by atoms with van der Waals surface area (Å²) in [5.74, 6) is -0.397. The largest absolute Gasteiger partial charge is 0.350 e. The summed E-state index contributed by atoms with van der Waals surface area (Å²) in [4.78, 5) is 28.3. The summed E-state index contributed by atoms with van der Waals surface area (Å²) in [6.07, 6.45) is 0.720. The predicted octanol–water partition coefficient (Wildman–Crippen LogP) is 2.95. The van der Waals surface area contributed by atoms with Crippen LogP contribution < -0.4 is 5.32 Å². The number of carbonyl (C=O) groups excluding carboxylic acids is 2. The second kappa shape index (κ2) is 10.1. The summed E-state index contributed by atoms with van der Waals surface area (Å²) < 4.78 is 27.8. The van der Waals surface area contributed by atoms with Gasteiger partial charge in [0.1, 0.15) is 5.54 Å². The summed E-state index contributed by atoms with van der Waals surface area (Å²) in [5, 5.41) is 2.91. The maximum absolute atomic E-state index is 13.4.